The minimum Gasteiger partial charge on any atom is -0.295 e. The van der Waals surface area contributed by atoms with Gasteiger partial charge in [-0.2, -0.15) is 0 Å². The van der Waals surface area contributed by atoms with Crippen LogP contribution in [-0.4, -0.2) is 12.4 Å². The molecule has 0 radical (unpaired) electrons. The Morgan fingerprint density at radius 1 is 0.800 bits per heavy atom. The van der Waals surface area contributed by atoms with Gasteiger partial charge in [-0.15, -0.1) is 0 Å². The first kappa shape index (κ1) is 21.7. The van der Waals surface area contributed by atoms with Gasteiger partial charge < -0.3 is 0 Å². The lowest BCUT2D eigenvalue weighted by Crippen LogP contribution is -2.03. The summed E-state index contributed by atoms with van der Waals surface area (Å²) in [5.41, 5.74) is 4.56. The molecule has 3 nitrogen and oxygen atoms in total. The van der Waals surface area contributed by atoms with Crippen LogP contribution in [0.15, 0.2) is 24.3 Å². The van der Waals surface area contributed by atoms with E-state index in [0.717, 1.165) is 24.3 Å². The van der Waals surface area contributed by atoms with Gasteiger partial charge in [0.15, 0.2) is 5.78 Å². The predicted molar refractivity (Wildman–Crippen MR) is 107 cm³/mol. The molecule has 0 heterocycles. The van der Waals surface area contributed by atoms with Gasteiger partial charge in [-0.3, -0.25) is 15.1 Å². The molecule has 0 unspecified atom stereocenters. The summed E-state index contributed by atoms with van der Waals surface area (Å²) in [5, 5.41) is 0. The van der Waals surface area contributed by atoms with Gasteiger partial charge >= 0.3 is 0 Å². The molecule has 0 saturated carbocycles. The highest BCUT2D eigenvalue weighted by molar-refractivity contribution is 5.94. The summed E-state index contributed by atoms with van der Waals surface area (Å²) < 4.78 is 0. The van der Waals surface area contributed by atoms with Crippen LogP contribution in [0.25, 0.3) is 0 Å². The van der Waals surface area contributed by atoms with E-state index in [9.17, 15) is 4.79 Å². The number of ketones is 1. The highest BCUT2D eigenvalue weighted by Gasteiger charge is 1.99. The maximum Gasteiger partial charge on any atom is 0.159 e. The molecule has 0 aliphatic rings. The van der Waals surface area contributed by atoms with E-state index in [2.05, 4.69) is 12.4 Å². The molecule has 0 spiro atoms. The second-order valence-electron chi connectivity index (χ2n) is 6.97. The molecule has 1 aromatic carbocycles. The summed E-state index contributed by atoms with van der Waals surface area (Å²) in [6.45, 7) is 4.58. The summed E-state index contributed by atoms with van der Waals surface area (Å²) in [6, 6.07) is 7.38. The average Bonchev–Trinajstić information content (AvgIpc) is 2.62. The summed E-state index contributed by atoms with van der Waals surface area (Å²) in [6.07, 6.45) is 16.2. The highest BCUT2D eigenvalue weighted by atomic mass is 16.6. The van der Waals surface area contributed by atoms with Crippen LogP contribution in [0.3, 0.4) is 0 Å². The van der Waals surface area contributed by atoms with Crippen LogP contribution < -0.4 is 5.48 Å². The van der Waals surface area contributed by atoms with Gasteiger partial charge in [0.2, 0.25) is 0 Å². The predicted octanol–water partition coefficient (Wildman–Crippen LogP) is 6.93. The molecule has 25 heavy (non-hydrogen) atoms. The lowest BCUT2D eigenvalue weighted by molar-refractivity contribution is 0.101. The third-order valence-electron chi connectivity index (χ3n) is 4.58. The van der Waals surface area contributed by atoms with Crippen molar-refractivity contribution in [3.8, 4) is 0 Å². The summed E-state index contributed by atoms with van der Waals surface area (Å²) in [4.78, 5) is 16.7. The molecule has 0 fully saturated rings. The number of benzene rings is 1. The maximum absolute atomic E-state index is 11.2. The van der Waals surface area contributed by atoms with Crippen molar-refractivity contribution in [2.24, 2.45) is 0 Å². The lowest BCUT2D eigenvalue weighted by Gasteiger charge is -2.07. The molecule has 0 atom stereocenters. The number of Topliss-reactive ketones (excluding diaryl/α,β-unsaturated/α-hetero) is 1. The van der Waals surface area contributed by atoms with Crippen LogP contribution in [0.4, 0.5) is 5.69 Å². The number of hydrogen-bond donors (Lipinski definition) is 1. The number of hydrogen-bond acceptors (Lipinski definition) is 3. The van der Waals surface area contributed by atoms with Gasteiger partial charge in [-0.25, -0.2) is 0 Å². The monoisotopic (exact) mass is 347 g/mol. The molecule has 0 aliphatic heterocycles. The zero-order chi connectivity index (χ0) is 18.2. The Balaban J connectivity index is 1.85. The molecule has 0 aromatic heterocycles. The van der Waals surface area contributed by atoms with Crippen molar-refractivity contribution in [2.75, 3.05) is 12.1 Å². The van der Waals surface area contributed by atoms with Crippen LogP contribution in [0.2, 0.25) is 0 Å². The fraction of sp³-hybridized carbons (Fsp3) is 0.682. The number of carbonyl (C=O) groups is 1. The highest BCUT2D eigenvalue weighted by Crippen LogP contribution is 2.13. The third-order valence-corrected chi connectivity index (χ3v) is 4.58. The van der Waals surface area contributed by atoms with Crippen molar-refractivity contribution in [1.82, 2.24) is 0 Å². The molecule has 142 valence electrons. The molecule has 1 N–H and O–H groups in total. The molecule has 0 aliphatic carbocycles. The zero-order valence-electron chi connectivity index (χ0n) is 16.3. The van der Waals surface area contributed by atoms with E-state index in [1.54, 1.807) is 6.92 Å². The third kappa shape index (κ3) is 11.8. The summed E-state index contributed by atoms with van der Waals surface area (Å²) in [5.74, 6) is 0.0870. The van der Waals surface area contributed by atoms with Crippen LogP contribution in [0, 0.1) is 0 Å². The Labute approximate surface area is 154 Å². The molecule has 3 heteroatoms. The van der Waals surface area contributed by atoms with Crippen molar-refractivity contribution in [2.45, 2.75) is 90.9 Å². The van der Waals surface area contributed by atoms with Gasteiger partial charge in [-0.1, -0.05) is 77.6 Å². The van der Waals surface area contributed by atoms with Crippen molar-refractivity contribution in [3.63, 3.8) is 0 Å². The zero-order valence-corrected chi connectivity index (χ0v) is 16.3. The quantitative estimate of drug-likeness (QED) is 0.200. The molecule has 0 amide bonds. The molecular formula is C22H37NO2. The maximum atomic E-state index is 11.2. The van der Waals surface area contributed by atoms with Crippen LogP contribution in [0.5, 0.6) is 0 Å². The lowest BCUT2D eigenvalue weighted by atomic mass is 10.1. The summed E-state index contributed by atoms with van der Waals surface area (Å²) in [7, 11) is 0. The van der Waals surface area contributed by atoms with Crippen molar-refractivity contribution in [3.05, 3.63) is 29.8 Å². The van der Waals surface area contributed by atoms with Gasteiger partial charge in [-0.05, 0) is 37.6 Å². The van der Waals surface area contributed by atoms with E-state index in [4.69, 9.17) is 4.84 Å². The van der Waals surface area contributed by atoms with E-state index < -0.39 is 0 Å². The Bertz CT molecular complexity index is 442. The Morgan fingerprint density at radius 3 is 1.76 bits per heavy atom. The van der Waals surface area contributed by atoms with Crippen LogP contribution >= 0.6 is 0 Å². The van der Waals surface area contributed by atoms with E-state index in [1.807, 2.05) is 24.3 Å². The molecule has 0 saturated heterocycles. The van der Waals surface area contributed by atoms with Crippen molar-refractivity contribution in [1.29, 1.82) is 0 Å². The van der Waals surface area contributed by atoms with Gasteiger partial charge in [0.1, 0.15) is 0 Å². The normalized spacial score (nSPS) is 10.8. The topological polar surface area (TPSA) is 38.3 Å². The standard InChI is InChI=1S/C22H37NO2/c1-3-4-5-6-7-8-9-10-11-12-13-14-19-25-23-22-17-15-21(16-18-22)20(2)24/h15-18,23H,3-14,19H2,1-2H3. The van der Waals surface area contributed by atoms with Crippen LogP contribution in [-0.2, 0) is 4.84 Å². The summed E-state index contributed by atoms with van der Waals surface area (Å²) >= 11 is 0. The number of unbranched alkanes of at least 4 members (excludes halogenated alkanes) is 11. The average molecular weight is 348 g/mol. The Kier molecular flexibility index (Phi) is 13.0. The van der Waals surface area contributed by atoms with Gasteiger partial charge in [0.25, 0.3) is 0 Å². The number of carbonyl (C=O) groups excluding carboxylic acids is 1. The molecule has 0 bridgehead atoms. The first-order valence-electron chi connectivity index (χ1n) is 10.2. The van der Waals surface area contributed by atoms with Crippen molar-refractivity contribution < 1.29 is 9.63 Å². The van der Waals surface area contributed by atoms with Crippen LogP contribution in [0.1, 0.15) is 101 Å². The Hall–Kier alpha value is -1.35. The first-order valence-corrected chi connectivity index (χ1v) is 10.2. The second-order valence-corrected chi connectivity index (χ2v) is 6.97. The number of anilines is 1. The minimum absolute atomic E-state index is 0.0870. The Morgan fingerprint density at radius 2 is 1.28 bits per heavy atom. The van der Waals surface area contributed by atoms with E-state index in [1.165, 1.54) is 70.6 Å². The fourth-order valence-corrected chi connectivity index (χ4v) is 2.92. The van der Waals surface area contributed by atoms with E-state index >= 15 is 0 Å². The number of rotatable bonds is 16. The molecular weight excluding hydrogens is 310 g/mol. The first-order chi connectivity index (χ1) is 12.2. The van der Waals surface area contributed by atoms with Gasteiger partial charge in [0.05, 0.1) is 12.3 Å². The fourth-order valence-electron chi connectivity index (χ4n) is 2.92. The smallest absolute Gasteiger partial charge is 0.159 e. The van der Waals surface area contributed by atoms with E-state index in [0.29, 0.717) is 0 Å². The second kappa shape index (κ2) is 14.9. The largest absolute Gasteiger partial charge is 0.295 e. The SMILES string of the molecule is CCCCCCCCCCCCCCONc1ccc(C(C)=O)cc1. The van der Waals surface area contributed by atoms with Gasteiger partial charge in [0, 0.05) is 5.56 Å². The van der Waals surface area contributed by atoms with Crippen molar-refractivity contribution >= 4 is 11.5 Å². The molecule has 1 rings (SSSR count). The van der Waals surface area contributed by atoms with E-state index in [-0.39, 0.29) is 5.78 Å². The minimum atomic E-state index is 0.0870. The molecule has 1 aromatic rings. The number of nitrogens with one attached hydrogen (secondary N) is 1.